The molecule has 0 bridgehead atoms. The maximum atomic E-state index is 10.9. The third-order valence-electron chi connectivity index (χ3n) is 1.97. The lowest BCUT2D eigenvalue weighted by Gasteiger charge is -2.19. The Kier molecular flexibility index (Phi) is 3.69. The van der Waals surface area contributed by atoms with Crippen molar-refractivity contribution in [2.45, 2.75) is 13.8 Å². The normalized spacial score (nSPS) is 10.0. The van der Waals surface area contributed by atoms with Crippen LogP contribution in [0.1, 0.15) is 12.5 Å². The Morgan fingerprint density at radius 1 is 1.50 bits per heavy atom. The summed E-state index contributed by atoms with van der Waals surface area (Å²) in [5, 5.41) is 0. The van der Waals surface area contributed by atoms with Crippen LogP contribution in [0, 0.1) is 6.92 Å². The van der Waals surface area contributed by atoms with Gasteiger partial charge in [-0.15, -0.1) is 0 Å². The number of Topliss-reactive ketones (excluding diaryl/α,β-unsaturated/α-hetero) is 1. The van der Waals surface area contributed by atoms with Gasteiger partial charge in [-0.3, -0.25) is 4.79 Å². The summed E-state index contributed by atoms with van der Waals surface area (Å²) in [6, 6.07) is 6.10. The number of benzene rings is 1. The number of hydrogen-bond donors (Lipinski definition) is 0. The number of anilines is 1. The predicted molar refractivity (Wildman–Crippen MR) is 62.8 cm³/mol. The zero-order valence-electron chi connectivity index (χ0n) is 8.67. The van der Waals surface area contributed by atoms with Crippen LogP contribution in [0.2, 0.25) is 0 Å². The highest BCUT2D eigenvalue weighted by Gasteiger charge is 2.06. The van der Waals surface area contributed by atoms with Gasteiger partial charge in [0.2, 0.25) is 0 Å². The molecule has 76 valence electrons. The number of carbonyl (C=O) groups is 1. The molecule has 0 aliphatic rings. The first-order valence-electron chi connectivity index (χ1n) is 4.47. The minimum absolute atomic E-state index is 0.167. The molecule has 0 saturated carbocycles. The van der Waals surface area contributed by atoms with Crippen LogP contribution in [0.15, 0.2) is 22.7 Å². The Bertz CT molecular complexity index is 349. The molecular formula is C11H14BrNO. The van der Waals surface area contributed by atoms with Gasteiger partial charge in [-0.25, -0.2) is 0 Å². The van der Waals surface area contributed by atoms with Gasteiger partial charge < -0.3 is 4.90 Å². The van der Waals surface area contributed by atoms with E-state index in [1.54, 1.807) is 6.92 Å². The van der Waals surface area contributed by atoms with Crippen molar-refractivity contribution in [3.8, 4) is 0 Å². The Balaban J connectivity index is 2.90. The maximum Gasteiger partial charge on any atom is 0.149 e. The maximum absolute atomic E-state index is 10.9. The van der Waals surface area contributed by atoms with Gasteiger partial charge >= 0.3 is 0 Å². The summed E-state index contributed by atoms with van der Waals surface area (Å²) in [5.74, 6) is 0.167. The standard InChI is InChI=1S/C11H14BrNO/c1-8-4-5-11(10(12)6-8)13(3)7-9(2)14/h4-6H,7H2,1-3H3. The average molecular weight is 256 g/mol. The molecule has 0 radical (unpaired) electrons. The molecule has 0 aliphatic carbocycles. The van der Waals surface area contributed by atoms with Crippen molar-refractivity contribution in [1.29, 1.82) is 0 Å². The minimum atomic E-state index is 0.167. The van der Waals surface area contributed by atoms with E-state index in [-0.39, 0.29) is 5.78 Å². The number of carbonyl (C=O) groups excluding carboxylic acids is 1. The van der Waals surface area contributed by atoms with Crippen molar-refractivity contribution >= 4 is 27.4 Å². The largest absolute Gasteiger partial charge is 0.366 e. The highest BCUT2D eigenvalue weighted by atomic mass is 79.9. The first-order valence-corrected chi connectivity index (χ1v) is 5.26. The highest BCUT2D eigenvalue weighted by molar-refractivity contribution is 9.10. The average Bonchev–Trinajstić information content (AvgIpc) is 2.01. The zero-order valence-corrected chi connectivity index (χ0v) is 10.3. The number of ketones is 1. The molecule has 0 atom stereocenters. The molecule has 0 N–H and O–H groups in total. The van der Waals surface area contributed by atoms with Crippen molar-refractivity contribution in [2.75, 3.05) is 18.5 Å². The highest BCUT2D eigenvalue weighted by Crippen LogP contribution is 2.26. The number of hydrogen-bond acceptors (Lipinski definition) is 2. The number of halogens is 1. The van der Waals surface area contributed by atoms with Crippen molar-refractivity contribution in [2.24, 2.45) is 0 Å². The summed E-state index contributed by atoms with van der Waals surface area (Å²) in [6.45, 7) is 4.08. The molecule has 0 amide bonds. The van der Waals surface area contributed by atoms with Gasteiger partial charge in [0.15, 0.2) is 0 Å². The Labute approximate surface area is 93.0 Å². The molecule has 0 aromatic heterocycles. The van der Waals surface area contributed by atoms with Crippen LogP contribution < -0.4 is 4.90 Å². The Morgan fingerprint density at radius 3 is 2.64 bits per heavy atom. The van der Waals surface area contributed by atoms with Crippen LogP contribution in [-0.2, 0) is 4.79 Å². The second kappa shape index (κ2) is 4.60. The van der Waals surface area contributed by atoms with Crippen LogP contribution in [0.3, 0.4) is 0 Å². The third kappa shape index (κ3) is 2.84. The van der Waals surface area contributed by atoms with Gasteiger partial charge in [0.25, 0.3) is 0 Å². The van der Waals surface area contributed by atoms with E-state index in [9.17, 15) is 4.79 Å². The molecule has 0 saturated heterocycles. The molecule has 0 fully saturated rings. The van der Waals surface area contributed by atoms with Crippen LogP contribution >= 0.6 is 15.9 Å². The topological polar surface area (TPSA) is 20.3 Å². The molecule has 1 aromatic rings. The van der Waals surface area contributed by atoms with E-state index in [2.05, 4.69) is 15.9 Å². The molecule has 0 unspecified atom stereocenters. The first-order chi connectivity index (χ1) is 6.50. The van der Waals surface area contributed by atoms with Crippen molar-refractivity contribution in [3.05, 3.63) is 28.2 Å². The molecular weight excluding hydrogens is 242 g/mol. The summed E-state index contributed by atoms with van der Waals surface area (Å²) >= 11 is 3.48. The molecule has 2 nitrogen and oxygen atoms in total. The summed E-state index contributed by atoms with van der Waals surface area (Å²) in [6.07, 6.45) is 0. The van der Waals surface area contributed by atoms with Crippen LogP contribution in [-0.4, -0.2) is 19.4 Å². The van der Waals surface area contributed by atoms with E-state index in [1.165, 1.54) is 5.56 Å². The fraction of sp³-hybridized carbons (Fsp3) is 0.364. The third-order valence-corrected chi connectivity index (χ3v) is 2.61. The van der Waals surface area contributed by atoms with Crippen LogP contribution in [0.25, 0.3) is 0 Å². The number of nitrogens with zero attached hydrogens (tertiary/aromatic N) is 1. The van der Waals surface area contributed by atoms with E-state index < -0.39 is 0 Å². The smallest absolute Gasteiger partial charge is 0.149 e. The lowest BCUT2D eigenvalue weighted by molar-refractivity contribution is -0.115. The molecule has 14 heavy (non-hydrogen) atoms. The summed E-state index contributed by atoms with van der Waals surface area (Å²) < 4.78 is 1.03. The van der Waals surface area contributed by atoms with E-state index in [0.717, 1.165) is 10.2 Å². The molecule has 1 rings (SSSR count). The molecule has 0 heterocycles. The second-order valence-corrected chi connectivity index (χ2v) is 4.37. The fourth-order valence-electron chi connectivity index (χ4n) is 1.34. The molecule has 1 aromatic carbocycles. The zero-order chi connectivity index (χ0) is 10.7. The first kappa shape index (κ1) is 11.2. The quantitative estimate of drug-likeness (QED) is 0.828. The van der Waals surface area contributed by atoms with Gasteiger partial charge in [-0.05, 0) is 47.5 Å². The van der Waals surface area contributed by atoms with E-state index in [1.807, 2.05) is 37.1 Å². The second-order valence-electron chi connectivity index (χ2n) is 3.51. The predicted octanol–water partition coefficient (Wildman–Crippen LogP) is 2.78. The van der Waals surface area contributed by atoms with Crippen LogP contribution in [0.4, 0.5) is 5.69 Å². The molecule has 0 spiro atoms. The van der Waals surface area contributed by atoms with Gasteiger partial charge in [0.05, 0.1) is 12.2 Å². The van der Waals surface area contributed by atoms with Gasteiger partial charge in [0, 0.05) is 11.5 Å². The van der Waals surface area contributed by atoms with Crippen molar-refractivity contribution in [3.63, 3.8) is 0 Å². The Morgan fingerprint density at radius 2 is 2.14 bits per heavy atom. The van der Waals surface area contributed by atoms with E-state index >= 15 is 0 Å². The number of likely N-dealkylation sites (N-methyl/N-ethyl adjacent to an activating group) is 1. The lowest BCUT2D eigenvalue weighted by atomic mass is 10.2. The van der Waals surface area contributed by atoms with Crippen LogP contribution in [0.5, 0.6) is 0 Å². The lowest BCUT2D eigenvalue weighted by Crippen LogP contribution is -2.23. The number of rotatable bonds is 3. The van der Waals surface area contributed by atoms with Gasteiger partial charge in [-0.2, -0.15) is 0 Å². The van der Waals surface area contributed by atoms with Crippen molar-refractivity contribution < 1.29 is 4.79 Å². The van der Waals surface area contributed by atoms with Gasteiger partial charge in [0.1, 0.15) is 5.78 Å². The summed E-state index contributed by atoms with van der Waals surface area (Å²) in [4.78, 5) is 12.9. The van der Waals surface area contributed by atoms with E-state index in [4.69, 9.17) is 0 Å². The fourth-order valence-corrected chi connectivity index (χ4v) is 2.14. The summed E-state index contributed by atoms with van der Waals surface area (Å²) in [7, 11) is 1.91. The Hall–Kier alpha value is -0.830. The van der Waals surface area contributed by atoms with E-state index in [0.29, 0.717) is 6.54 Å². The molecule has 0 aliphatic heterocycles. The number of aryl methyl sites for hydroxylation is 1. The van der Waals surface area contributed by atoms with Gasteiger partial charge in [-0.1, -0.05) is 6.07 Å². The van der Waals surface area contributed by atoms with Crippen molar-refractivity contribution in [1.82, 2.24) is 0 Å². The summed E-state index contributed by atoms with van der Waals surface area (Å²) in [5.41, 5.74) is 2.25. The minimum Gasteiger partial charge on any atom is -0.366 e. The SMILES string of the molecule is CC(=O)CN(C)c1ccc(C)cc1Br. The monoisotopic (exact) mass is 255 g/mol. The molecule has 3 heteroatoms.